The summed E-state index contributed by atoms with van der Waals surface area (Å²) >= 11 is 0. The van der Waals surface area contributed by atoms with Crippen molar-refractivity contribution in [2.45, 2.75) is 91.9 Å². The molecule has 0 radical (unpaired) electrons. The van der Waals surface area contributed by atoms with Gasteiger partial charge in [-0.1, -0.05) is 89.2 Å². The molecule has 0 amide bonds. The Bertz CT molecular complexity index is 1210. The van der Waals surface area contributed by atoms with Gasteiger partial charge in [-0.25, -0.2) is 0 Å². The van der Waals surface area contributed by atoms with Gasteiger partial charge >= 0.3 is 0 Å². The average Bonchev–Trinajstić information content (AvgIpc) is 2.86. The van der Waals surface area contributed by atoms with Gasteiger partial charge < -0.3 is 5.73 Å². The summed E-state index contributed by atoms with van der Waals surface area (Å²) in [5.74, 6) is 0. The normalized spacial score (nSPS) is 14.4. The minimum atomic E-state index is 0.416. The molecule has 4 rings (SSSR count). The van der Waals surface area contributed by atoms with Crippen molar-refractivity contribution in [1.82, 2.24) is 0 Å². The van der Waals surface area contributed by atoms with Crippen LogP contribution in [0.4, 0.5) is 5.69 Å². The van der Waals surface area contributed by atoms with E-state index in [1.807, 2.05) is 12.1 Å². The van der Waals surface area contributed by atoms with Gasteiger partial charge in [-0.2, -0.15) is 0 Å². The number of allylic oxidation sites excluding steroid dienone is 1. The summed E-state index contributed by atoms with van der Waals surface area (Å²) in [7, 11) is 0. The van der Waals surface area contributed by atoms with Crippen LogP contribution in [0.1, 0.15) is 91.5 Å². The Morgan fingerprint density at radius 1 is 0.889 bits per heavy atom. The van der Waals surface area contributed by atoms with Gasteiger partial charge in [0.05, 0.1) is 0 Å². The fraction of sp³-hybridized carbons (Fsp3) is 0.429. The highest BCUT2D eigenvalue weighted by Crippen LogP contribution is 2.38. The first kappa shape index (κ1) is 26.3. The van der Waals surface area contributed by atoms with E-state index >= 15 is 0 Å². The Morgan fingerprint density at radius 2 is 1.67 bits per heavy atom. The molecule has 0 heterocycles. The summed E-state index contributed by atoms with van der Waals surface area (Å²) in [4.78, 5) is 0. The van der Waals surface area contributed by atoms with E-state index in [9.17, 15) is 0 Å². The Hall–Kier alpha value is -2.80. The van der Waals surface area contributed by atoms with Crippen LogP contribution in [0.25, 0.3) is 5.57 Å². The second-order valence-electron chi connectivity index (χ2n) is 11.6. The largest absolute Gasteiger partial charge is 0.399 e. The lowest BCUT2D eigenvalue weighted by Gasteiger charge is -2.33. The van der Waals surface area contributed by atoms with E-state index in [1.165, 1.54) is 59.1 Å². The monoisotopic (exact) mass is 479 g/mol. The van der Waals surface area contributed by atoms with Crippen LogP contribution in [0.15, 0.2) is 61.2 Å². The molecule has 0 aromatic heterocycles. The molecule has 0 spiro atoms. The van der Waals surface area contributed by atoms with Crippen LogP contribution < -0.4 is 5.73 Å². The first-order valence-corrected chi connectivity index (χ1v) is 14.1. The van der Waals surface area contributed by atoms with Crippen LogP contribution in [0, 0.1) is 5.41 Å². The van der Waals surface area contributed by atoms with Gasteiger partial charge in [-0.3, -0.25) is 0 Å². The highest BCUT2D eigenvalue weighted by atomic mass is 14.6. The predicted octanol–water partition coefficient (Wildman–Crippen LogP) is 8.73. The Kier molecular flexibility index (Phi) is 8.39. The third-order valence-electron chi connectivity index (χ3n) is 8.21. The number of aryl methyl sites for hydroxylation is 4. The fourth-order valence-corrected chi connectivity index (χ4v) is 6.06. The van der Waals surface area contributed by atoms with Crippen molar-refractivity contribution in [2.24, 2.45) is 5.41 Å². The molecule has 0 saturated heterocycles. The van der Waals surface area contributed by atoms with Crippen molar-refractivity contribution in [3.05, 3.63) is 106 Å². The molecular formula is C35H45N. The number of fused-ring (bicyclic) bond motifs is 1. The van der Waals surface area contributed by atoms with Gasteiger partial charge in [0.2, 0.25) is 0 Å². The SMILES string of the molecule is C=C(CCc1c(CC)ccc2c1CCC(C)(C)C2)c1ccc(CCC)cc1CCc1ccccc1N. The van der Waals surface area contributed by atoms with E-state index in [0.29, 0.717) is 5.41 Å². The van der Waals surface area contributed by atoms with Crippen LogP contribution in [-0.2, 0) is 44.9 Å². The van der Waals surface area contributed by atoms with Gasteiger partial charge in [0, 0.05) is 5.69 Å². The molecule has 0 bridgehead atoms. The first-order chi connectivity index (χ1) is 17.3. The van der Waals surface area contributed by atoms with Gasteiger partial charge in [-0.15, -0.1) is 0 Å². The highest BCUT2D eigenvalue weighted by Gasteiger charge is 2.27. The van der Waals surface area contributed by atoms with Gasteiger partial charge in [0.1, 0.15) is 0 Å². The quantitative estimate of drug-likeness (QED) is 0.289. The van der Waals surface area contributed by atoms with Crippen molar-refractivity contribution in [3.8, 4) is 0 Å². The molecular weight excluding hydrogens is 434 g/mol. The number of hydrogen-bond acceptors (Lipinski definition) is 1. The molecule has 1 nitrogen and oxygen atoms in total. The molecule has 0 fully saturated rings. The second kappa shape index (κ2) is 11.5. The Morgan fingerprint density at radius 3 is 2.42 bits per heavy atom. The molecule has 1 aliphatic carbocycles. The number of nitrogen functional groups attached to an aromatic ring is 1. The summed E-state index contributed by atoms with van der Waals surface area (Å²) in [6.45, 7) is 14.0. The van der Waals surface area contributed by atoms with Crippen molar-refractivity contribution in [3.63, 3.8) is 0 Å². The minimum Gasteiger partial charge on any atom is -0.399 e. The molecule has 3 aromatic carbocycles. The van der Waals surface area contributed by atoms with E-state index in [1.54, 1.807) is 16.7 Å². The van der Waals surface area contributed by atoms with Gasteiger partial charge in [0.15, 0.2) is 0 Å². The molecule has 3 aromatic rings. The lowest BCUT2D eigenvalue weighted by molar-refractivity contribution is 0.314. The second-order valence-corrected chi connectivity index (χ2v) is 11.6. The first-order valence-electron chi connectivity index (χ1n) is 14.1. The summed E-state index contributed by atoms with van der Waals surface area (Å²) in [5, 5.41) is 0. The topological polar surface area (TPSA) is 26.0 Å². The van der Waals surface area contributed by atoms with Crippen molar-refractivity contribution in [2.75, 3.05) is 5.73 Å². The number of anilines is 1. The van der Waals surface area contributed by atoms with Crippen LogP contribution in [-0.4, -0.2) is 0 Å². The standard InChI is InChI=1S/C35H45N/c1-6-10-26-14-20-31(29(23-26)17-16-28-11-8-9-12-34(28)36)25(3)13-19-32-27(7-2)15-18-30-24-35(4,5)22-21-33(30)32/h8-9,11-12,14-15,18,20,23H,3,6-7,10,13,16-17,19,21-22,24,36H2,1-2,4-5H3. The Balaban J connectivity index is 1.56. The highest BCUT2D eigenvalue weighted by molar-refractivity contribution is 5.67. The van der Waals surface area contributed by atoms with E-state index < -0.39 is 0 Å². The van der Waals surface area contributed by atoms with Crippen LogP contribution in [0.3, 0.4) is 0 Å². The number of hydrogen-bond donors (Lipinski definition) is 1. The molecule has 0 atom stereocenters. The molecule has 1 heteroatoms. The molecule has 0 aliphatic heterocycles. The zero-order valence-electron chi connectivity index (χ0n) is 23.1. The lowest BCUT2D eigenvalue weighted by Crippen LogP contribution is -2.23. The molecule has 0 saturated carbocycles. The van der Waals surface area contributed by atoms with E-state index in [0.717, 1.165) is 44.2 Å². The third-order valence-corrected chi connectivity index (χ3v) is 8.21. The smallest absolute Gasteiger partial charge is 0.0346 e. The molecule has 190 valence electrons. The fourth-order valence-electron chi connectivity index (χ4n) is 6.06. The zero-order chi connectivity index (χ0) is 25.7. The van der Waals surface area contributed by atoms with E-state index in [-0.39, 0.29) is 0 Å². The number of para-hydroxylation sites is 1. The van der Waals surface area contributed by atoms with Crippen LogP contribution in [0.2, 0.25) is 0 Å². The van der Waals surface area contributed by atoms with Gasteiger partial charge in [-0.05, 0) is 119 Å². The zero-order valence-corrected chi connectivity index (χ0v) is 23.1. The van der Waals surface area contributed by atoms with Crippen molar-refractivity contribution >= 4 is 11.3 Å². The maximum Gasteiger partial charge on any atom is 0.0346 e. The number of rotatable bonds is 10. The Labute approximate surface area is 219 Å². The summed E-state index contributed by atoms with van der Waals surface area (Å²) in [6, 6.07) is 20.2. The van der Waals surface area contributed by atoms with E-state index in [4.69, 9.17) is 5.73 Å². The number of nitrogens with two attached hydrogens (primary N) is 1. The third kappa shape index (κ3) is 6.12. The molecule has 2 N–H and O–H groups in total. The maximum atomic E-state index is 6.25. The summed E-state index contributed by atoms with van der Waals surface area (Å²) in [6.07, 6.45) is 11.2. The summed E-state index contributed by atoms with van der Waals surface area (Å²) in [5.41, 5.74) is 20.6. The summed E-state index contributed by atoms with van der Waals surface area (Å²) < 4.78 is 0. The molecule has 36 heavy (non-hydrogen) atoms. The van der Waals surface area contributed by atoms with Gasteiger partial charge in [0.25, 0.3) is 0 Å². The minimum absolute atomic E-state index is 0.416. The average molecular weight is 480 g/mol. The number of benzene rings is 3. The van der Waals surface area contributed by atoms with Crippen molar-refractivity contribution < 1.29 is 0 Å². The lowest BCUT2D eigenvalue weighted by atomic mass is 9.72. The molecule has 0 unspecified atom stereocenters. The predicted molar refractivity (Wildman–Crippen MR) is 158 cm³/mol. The molecule has 1 aliphatic rings. The van der Waals surface area contributed by atoms with Crippen LogP contribution >= 0.6 is 0 Å². The van der Waals surface area contributed by atoms with E-state index in [2.05, 4.69) is 76.7 Å². The van der Waals surface area contributed by atoms with Crippen LogP contribution in [0.5, 0.6) is 0 Å². The maximum absolute atomic E-state index is 6.25. The van der Waals surface area contributed by atoms with Crippen molar-refractivity contribution in [1.29, 1.82) is 0 Å².